The number of aryl methyl sites for hydroxylation is 1. The molecule has 0 spiro atoms. The lowest BCUT2D eigenvalue weighted by Crippen LogP contribution is -2.52. The molecule has 1 aliphatic rings. The number of carbonyl (C=O) groups is 1. The third-order valence-corrected chi connectivity index (χ3v) is 5.33. The Hall–Kier alpha value is -2.37. The smallest absolute Gasteiger partial charge is 0.241 e. The molecule has 3 rings (SSSR count). The van der Waals surface area contributed by atoms with Gasteiger partial charge < -0.3 is 10.1 Å². The molecule has 0 radical (unpaired) electrons. The zero-order valence-corrected chi connectivity index (χ0v) is 16.4. The number of ether oxygens (including phenoxy) is 1. The molecule has 1 heterocycles. The highest BCUT2D eigenvalue weighted by atomic mass is 16.5. The van der Waals surface area contributed by atoms with Crippen molar-refractivity contribution in [2.45, 2.75) is 26.4 Å². The SMILES string of the molecule is COc1cccc(NC(=O)[C@@H](C)N2CCN(Cc3ccccc3C)CC2)c1. The summed E-state index contributed by atoms with van der Waals surface area (Å²) in [5.41, 5.74) is 3.49. The quantitative estimate of drug-likeness (QED) is 0.852. The van der Waals surface area contributed by atoms with Crippen molar-refractivity contribution in [2.75, 3.05) is 38.6 Å². The molecular formula is C22H29N3O2. The van der Waals surface area contributed by atoms with Crippen molar-refractivity contribution in [3.8, 4) is 5.75 Å². The monoisotopic (exact) mass is 367 g/mol. The van der Waals surface area contributed by atoms with Crippen LogP contribution >= 0.6 is 0 Å². The molecule has 27 heavy (non-hydrogen) atoms. The van der Waals surface area contributed by atoms with Gasteiger partial charge in [0.15, 0.2) is 0 Å². The third-order valence-electron chi connectivity index (χ3n) is 5.33. The van der Waals surface area contributed by atoms with Crippen LogP contribution in [0.25, 0.3) is 0 Å². The van der Waals surface area contributed by atoms with Gasteiger partial charge in [0.2, 0.25) is 5.91 Å². The van der Waals surface area contributed by atoms with Crippen molar-refractivity contribution < 1.29 is 9.53 Å². The van der Waals surface area contributed by atoms with E-state index < -0.39 is 0 Å². The molecule has 5 nitrogen and oxygen atoms in total. The Labute approximate surface area is 161 Å². The Morgan fingerprint density at radius 3 is 2.56 bits per heavy atom. The normalized spacial score (nSPS) is 16.7. The molecule has 0 aromatic heterocycles. The first-order valence-corrected chi connectivity index (χ1v) is 9.52. The van der Waals surface area contributed by atoms with Crippen LogP contribution in [-0.4, -0.2) is 55.0 Å². The number of nitrogens with zero attached hydrogens (tertiary/aromatic N) is 2. The van der Waals surface area contributed by atoms with Gasteiger partial charge >= 0.3 is 0 Å². The van der Waals surface area contributed by atoms with Crippen molar-refractivity contribution in [1.29, 1.82) is 0 Å². The summed E-state index contributed by atoms with van der Waals surface area (Å²) in [4.78, 5) is 17.3. The van der Waals surface area contributed by atoms with E-state index in [-0.39, 0.29) is 11.9 Å². The maximum absolute atomic E-state index is 12.6. The van der Waals surface area contributed by atoms with Crippen molar-refractivity contribution in [3.05, 3.63) is 59.7 Å². The van der Waals surface area contributed by atoms with Crippen LogP contribution in [0.15, 0.2) is 48.5 Å². The number of rotatable bonds is 6. The van der Waals surface area contributed by atoms with E-state index in [1.807, 2.05) is 31.2 Å². The van der Waals surface area contributed by atoms with Crippen molar-refractivity contribution in [3.63, 3.8) is 0 Å². The van der Waals surface area contributed by atoms with Crippen LogP contribution in [0.5, 0.6) is 5.75 Å². The molecule has 1 atom stereocenters. The Bertz CT molecular complexity index is 770. The van der Waals surface area contributed by atoms with E-state index in [1.54, 1.807) is 7.11 Å². The number of nitrogens with one attached hydrogen (secondary N) is 1. The second-order valence-corrected chi connectivity index (χ2v) is 7.14. The molecule has 1 aliphatic heterocycles. The van der Waals surface area contributed by atoms with E-state index in [1.165, 1.54) is 11.1 Å². The first kappa shape index (κ1) is 19.4. The number of benzene rings is 2. The van der Waals surface area contributed by atoms with E-state index in [2.05, 4.69) is 46.3 Å². The fourth-order valence-electron chi connectivity index (χ4n) is 3.45. The number of carbonyl (C=O) groups excluding carboxylic acids is 1. The number of hydrogen-bond donors (Lipinski definition) is 1. The molecule has 2 aromatic carbocycles. The highest BCUT2D eigenvalue weighted by Gasteiger charge is 2.25. The van der Waals surface area contributed by atoms with E-state index in [4.69, 9.17) is 4.74 Å². The fourth-order valence-corrected chi connectivity index (χ4v) is 3.45. The lowest BCUT2D eigenvalue weighted by atomic mass is 10.1. The molecule has 1 N–H and O–H groups in total. The van der Waals surface area contributed by atoms with Gasteiger partial charge in [0.05, 0.1) is 13.2 Å². The van der Waals surface area contributed by atoms with E-state index in [9.17, 15) is 4.79 Å². The maximum Gasteiger partial charge on any atom is 0.241 e. The summed E-state index contributed by atoms with van der Waals surface area (Å²) in [7, 11) is 1.62. The fraction of sp³-hybridized carbons (Fsp3) is 0.409. The number of anilines is 1. The predicted octanol–water partition coefficient (Wildman–Crippen LogP) is 3.15. The molecule has 0 unspecified atom stereocenters. The third kappa shape index (κ3) is 5.08. The van der Waals surface area contributed by atoms with Gasteiger partial charge in [-0.2, -0.15) is 0 Å². The molecule has 2 aromatic rings. The Morgan fingerprint density at radius 2 is 1.85 bits per heavy atom. The minimum Gasteiger partial charge on any atom is -0.497 e. The topological polar surface area (TPSA) is 44.8 Å². The lowest BCUT2D eigenvalue weighted by Gasteiger charge is -2.37. The van der Waals surface area contributed by atoms with E-state index in [0.29, 0.717) is 0 Å². The second-order valence-electron chi connectivity index (χ2n) is 7.14. The van der Waals surface area contributed by atoms with Gasteiger partial charge in [0.25, 0.3) is 0 Å². The van der Waals surface area contributed by atoms with Gasteiger partial charge in [0.1, 0.15) is 5.75 Å². The first-order chi connectivity index (χ1) is 13.1. The molecule has 0 saturated carbocycles. The maximum atomic E-state index is 12.6. The Morgan fingerprint density at radius 1 is 1.11 bits per heavy atom. The summed E-state index contributed by atoms with van der Waals surface area (Å²) in [5, 5.41) is 3.00. The summed E-state index contributed by atoms with van der Waals surface area (Å²) in [6.45, 7) is 8.88. The van der Waals surface area contributed by atoms with Gasteiger partial charge in [0, 0.05) is 44.5 Å². The average Bonchev–Trinajstić information content (AvgIpc) is 2.70. The predicted molar refractivity (Wildman–Crippen MR) is 109 cm³/mol. The standard InChI is InChI=1S/C22H29N3O2/c1-17-7-4-5-8-19(17)16-24-11-13-25(14-12-24)18(2)22(26)23-20-9-6-10-21(15-20)27-3/h4-10,15,18H,11-14,16H2,1-3H3,(H,23,26)/t18-/m1/s1. The van der Waals surface area contributed by atoms with Crippen LogP contribution in [-0.2, 0) is 11.3 Å². The lowest BCUT2D eigenvalue weighted by molar-refractivity contribution is -0.121. The Kier molecular flexibility index (Phi) is 6.48. The van der Waals surface area contributed by atoms with Gasteiger partial charge in [-0.15, -0.1) is 0 Å². The van der Waals surface area contributed by atoms with Crippen LogP contribution in [0.3, 0.4) is 0 Å². The van der Waals surface area contributed by atoms with Crippen LogP contribution in [0.4, 0.5) is 5.69 Å². The Balaban J connectivity index is 1.51. The van der Waals surface area contributed by atoms with Crippen LogP contribution in [0.2, 0.25) is 0 Å². The summed E-state index contributed by atoms with van der Waals surface area (Å²) in [5.74, 6) is 0.765. The van der Waals surface area contributed by atoms with Crippen molar-refractivity contribution >= 4 is 11.6 Å². The molecule has 1 fully saturated rings. The largest absolute Gasteiger partial charge is 0.497 e. The van der Waals surface area contributed by atoms with Gasteiger partial charge in [-0.1, -0.05) is 30.3 Å². The highest BCUT2D eigenvalue weighted by Crippen LogP contribution is 2.18. The second kappa shape index (κ2) is 9.02. The molecule has 144 valence electrons. The summed E-state index contributed by atoms with van der Waals surface area (Å²) >= 11 is 0. The molecule has 5 heteroatoms. The number of amides is 1. The number of methoxy groups -OCH3 is 1. The summed E-state index contributed by atoms with van der Waals surface area (Å²) in [6, 6.07) is 15.9. The zero-order valence-electron chi connectivity index (χ0n) is 16.4. The number of hydrogen-bond acceptors (Lipinski definition) is 4. The minimum atomic E-state index is -0.156. The van der Waals surface area contributed by atoms with Crippen LogP contribution in [0.1, 0.15) is 18.1 Å². The van der Waals surface area contributed by atoms with E-state index >= 15 is 0 Å². The summed E-state index contributed by atoms with van der Waals surface area (Å²) < 4.78 is 5.21. The van der Waals surface area contributed by atoms with Crippen molar-refractivity contribution in [1.82, 2.24) is 9.80 Å². The van der Waals surface area contributed by atoms with E-state index in [0.717, 1.165) is 44.2 Å². The van der Waals surface area contributed by atoms with Crippen molar-refractivity contribution in [2.24, 2.45) is 0 Å². The summed E-state index contributed by atoms with van der Waals surface area (Å²) in [6.07, 6.45) is 0. The minimum absolute atomic E-state index is 0.0237. The zero-order chi connectivity index (χ0) is 19.2. The molecule has 0 aliphatic carbocycles. The van der Waals surface area contributed by atoms with Gasteiger partial charge in [-0.3, -0.25) is 14.6 Å². The van der Waals surface area contributed by atoms with Gasteiger partial charge in [-0.05, 0) is 37.1 Å². The molecule has 1 saturated heterocycles. The molecule has 0 bridgehead atoms. The van der Waals surface area contributed by atoms with Crippen LogP contribution in [0, 0.1) is 6.92 Å². The first-order valence-electron chi connectivity index (χ1n) is 9.52. The average molecular weight is 367 g/mol. The van der Waals surface area contributed by atoms with Crippen LogP contribution < -0.4 is 10.1 Å². The van der Waals surface area contributed by atoms with Gasteiger partial charge in [-0.25, -0.2) is 0 Å². The molecule has 1 amide bonds. The molecular weight excluding hydrogens is 338 g/mol. The highest BCUT2D eigenvalue weighted by molar-refractivity contribution is 5.94. The number of piperazine rings is 1.